The lowest BCUT2D eigenvalue weighted by Gasteiger charge is -2.12. The zero-order chi connectivity index (χ0) is 19.8. The van der Waals surface area contributed by atoms with E-state index < -0.39 is 23.3 Å². The number of amides is 2. The summed E-state index contributed by atoms with van der Waals surface area (Å²) in [4.78, 5) is 47.5. The van der Waals surface area contributed by atoms with E-state index in [0.717, 1.165) is 5.56 Å². The van der Waals surface area contributed by atoms with Gasteiger partial charge in [0.05, 0.1) is 12.1 Å². The first-order valence-corrected chi connectivity index (χ1v) is 8.43. The fourth-order valence-electron chi connectivity index (χ4n) is 2.50. The van der Waals surface area contributed by atoms with Crippen molar-refractivity contribution in [3.05, 3.63) is 69.6 Å². The molecule has 2 amide bonds. The summed E-state index contributed by atoms with van der Waals surface area (Å²) in [7, 11) is 1.40. The number of benzene rings is 1. The van der Waals surface area contributed by atoms with Gasteiger partial charge in [0.2, 0.25) is 0 Å². The molecule has 0 bridgehead atoms. The summed E-state index contributed by atoms with van der Waals surface area (Å²) in [5.41, 5.74) is 0.369. The predicted molar refractivity (Wildman–Crippen MR) is 98.8 cm³/mol. The van der Waals surface area contributed by atoms with E-state index in [1.54, 1.807) is 0 Å². The standard InChI is InChI=1S/C19H21N3O5/c1-20-18(26)15-10-14(17(25)21-9-5-8-16(23)24)12-22(19(15)27)11-13-6-3-2-4-7-13/h2-4,6-7,10,12H,5,8-9,11H2,1H3,(H,20,26)(H,21,25)(H,23,24). The quantitative estimate of drug-likeness (QED) is 0.595. The number of rotatable bonds is 8. The second kappa shape index (κ2) is 9.33. The van der Waals surface area contributed by atoms with Gasteiger partial charge in [0.15, 0.2) is 0 Å². The molecule has 0 aliphatic carbocycles. The molecule has 0 unspecified atom stereocenters. The average Bonchev–Trinajstić information content (AvgIpc) is 2.66. The molecule has 142 valence electrons. The van der Waals surface area contributed by atoms with Gasteiger partial charge in [-0.05, 0) is 18.1 Å². The molecule has 8 heteroatoms. The summed E-state index contributed by atoms with van der Waals surface area (Å²) >= 11 is 0. The van der Waals surface area contributed by atoms with Crippen LogP contribution in [0.4, 0.5) is 0 Å². The normalized spacial score (nSPS) is 10.3. The second-order valence-electron chi connectivity index (χ2n) is 5.89. The molecular formula is C19H21N3O5. The summed E-state index contributed by atoms with van der Waals surface area (Å²) in [5.74, 6) is -2.00. The van der Waals surface area contributed by atoms with Crippen LogP contribution < -0.4 is 16.2 Å². The summed E-state index contributed by atoms with van der Waals surface area (Å²) in [6.45, 7) is 0.391. The zero-order valence-corrected chi connectivity index (χ0v) is 14.9. The molecule has 2 rings (SSSR count). The number of nitrogens with zero attached hydrogens (tertiary/aromatic N) is 1. The van der Waals surface area contributed by atoms with Crippen molar-refractivity contribution in [2.24, 2.45) is 0 Å². The van der Waals surface area contributed by atoms with E-state index in [-0.39, 0.29) is 37.1 Å². The molecule has 3 N–H and O–H groups in total. The number of hydrogen-bond acceptors (Lipinski definition) is 4. The number of aromatic nitrogens is 1. The summed E-state index contributed by atoms with van der Waals surface area (Å²) in [5, 5.41) is 13.6. The van der Waals surface area contributed by atoms with E-state index in [9.17, 15) is 19.2 Å². The smallest absolute Gasteiger partial charge is 0.303 e. The van der Waals surface area contributed by atoms with Gasteiger partial charge in [-0.1, -0.05) is 30.3 Å². The van der Waals surface area contributed by atoms with E-state index >= 15 is 0 Å². The largest absolute Gasteiger partial charge is 0.481 e. The Balaban J connectivity index is 2.29. The molecule has 0 fully saturated rings. The van der Waals surface area contributed by atoms with Crippen molar-refractivity contribution in [2.75, 3.05) is 13.6 Å². The third-order valence-electron chi connectivity index (χ3n) is 3.87. The van der Waals surface area contributed by atoms with Gasteiger partial charge in [-0.15, -0.1) is 0 Å². The Morgan fingerprint density at radius 2 is 1.81 bits per heavy atom. The first-order chi connectivity index (χ1) is 12.9. The molecule has 1 aromatic heterocycles. The molecule has 0 aliphatic heterocycles. The molecule has 0 aliphatic rings. The van der Waals surface area contributed by atoms with Gasteiger partial charge in [-0.2, -0.15) is 0 Å². The third kappa shape index (κ3) is 5.53. The van der Waals surface area contributed by atoms with Crippen molar-refractivity contribution in [2.45, 2.75) is 19.4 Å². The van der Waals surface area contributed by atoms with Gasteiger partial charge >= 0.3 is 5.97 Å². The minimum atomic E-state index is -0.942. The van der Waals surface area contributed by atoms with Gasteiger partial charge in [0, 0.05) is 26.2 Å². The predicted octanol–water partition coefficient (Wildman–Crippen LogP) is 0.851. The molecule has 0 spiro atoms. The number of carboxylic acid groups (broad SMARTS) is 1. The third-order valence-corrected chi connectivity index (χ3v) is 3.87. The minimum Gasteiger partial charge on any atom is -0.481 e. The second-order valence-corrected chi connectivity index (χ2v) is 5.89. The Labute approximate surface area is 155 Å². The molecule has 0 saturated carbocycles. The fourth-order valence-corrected chi connectivity index (χ4v) is 2.50. The minimum absolute atomic E-state index is 0.0583. The molecule has 1 heterocycles. The Bertz CT molecular complexity index is 890. The highest BCUT2D eigenvalue weighted by Crippen LogP contribution is 2.06. The highest BCUT2D eigenvalue weighted by molar-refractivity contribution is 5.99. The highest BCUT2D eigenvalue weighted by atomic mass is 16.4. The first-order valence-electron chi connectivity index (χ1n) is 8.43. The van der Waals surface area contributed by atoms with Crippen LogP contribution in [-0.4, -0.2) is 41.0 Å². The number of hydrogen-bond donors (Lipinski definition) is 3. The lowest BCUT2D eigenvalue weighted by atomic mass is 10.1. The zero-order valence-electron chi connectivity index (χ0n) is 14.9. The molecule has 2 aromatic rings. The van der Waals surface area contributed by atoms with Crippen LogP contribution in [0.3, 0.4) is 0 Å². The number of pyridine rings is 1. The van der Waals surface area contributed by atoms with E-state index in [2.05, 4.69) is 10.6 Å². The van der Waals surface area contributed by atoms with E-state index in [1.165, 1.54) is 23.9 Å². The number of aliphatic carboxylic acids is 1. The van der Waals surface area contributed by atoms with Crippen LogP contribution in [0.1, 0.15) is 39.1 Å². The van der Waals surface area contributed by atoms with Crippen molar-refractivity contribution >= 4 is 17.8 Å². The lowest BCUT2D eigenvalue weighted by Crippen LogP contribution is -2.34. The number of nitrogens with one attached hydrogen (secondary N) is 2. The van der Waals surface area contributed by atoms with Crippen molar-refractivity contribution in [3.8, 4) is 0 Å². The van der Waals surface area contributed by atoms with Crippen molar-refractivity contribution in [1.29, 1.82) is 0 Å². The highest BCUT2D eigenvalue weighted by Gasteiger charge is 2.17. The Morgan fingerprint density at radius 1 is 1.11 bits per heavy atom. The molecular weight excluding hydrogens is 350 g/mol. The summed E-state index contributed by atoms with van der Waals surface area (Å²) in [6, 6.07) is 10.4. The van der Waals surface area contributed by atoms with Gasteiger partial charge in [-0.3, -0.25) is 19.2 Å². The van der Waals surface area contributed by atoms with Crippen LogP contribution in [0.5, 0.6) is 0 Å². The van der Waals surface area contributed by atoms with Crippen LogP contribution >= 0.6 is 0 Å². The van der Waals surface area contributed by atoms with E-state index in [0.29, 0.717) is 0 Å². The van der Waals surface area contributed by atoms with E-state index in [4.69, 9.17) is 5.11 Å². The summed E-state index contributed by atoms with van der Waals surface area (Å²) < 4.78 is 1.31. The van der Waals surface area contributed by atoms with Crippen molar-refractivity contribution in [3.63, 3.8) is 0 Å². The van der Waals surface area contributed by atoms with Crippen LogP contribution in [0.15, 0.2) is 47.4 Å². The molecule has 8 nitrogen and oxygen atoms in total. The number of carbonyl (C=O) groups is 3. The first kappa shape index (κ1) is 19.9. The van der Waals surface area contributed by atoms with Crippen LogP contribution in [0.2, 0.25) is 0 Å². The van der Waals surface area contributed by atoms with Gasteiger partial charge in [-0.25, -0.2) is 0 Å². The average molecular weight is 371 g/mol. The van der Waals surface area contributed by atoms with Crippen molar-refractivity contribution in [1.82, 2.24) is 15.2 Å². The molecule has 1 aromatic carbocycles. The number of carboxylic acids is 1. The van der Waals surface area contributed by atoms with E-state index in [1.807, 2.05) is 30.3 Å². The SMILES string of the molecule is CNC(=O)c1cc(C(=O)NCCCC(=O)O)cn(Cc2ccccc2)c1=O. The molecule has 0 atom stereocenters. The Kier molecular flexibility index (Phi) is 6.87. The number of carbonyl (C=O) groups excluding carboxylic acids is 2. The molecule has 0 radical (unpaired) electrons. The van der Waals surface area contributed by atoms with Gasteiger partial charge < -0.3 is 20.3 Å². The van der Waals surface area contributed by atoms with Crippen LogP contribution in [0, 0.1) is 0 Å². The lowest BCUT2D eigenvalue weighted by molar-refractivity contribution is -0.137. The van der Waals surface area contributed by atoms with Gasteiger partial charge in [0.25, 0.3) is 17.4 Å². The van der Waals surface area contributed by atoms with Crippen LogP contribution in [-0.2, 0) is 11.3 Å². The van der Waals surface area contributed by atoms with Crippen LogP contribution in [0.25, 0.3) is 0 Å². The molecule has 0 saturated heterocycles. The van der Waals surface area contributed by atoms with Gasteiger partial charge in [0.1, 0.15) is 5.56 Å². The maximum atomic E-state index is 12.6. The fraction of sp³-hybridized carbons (Fsp3) is 0.263. The molecule has 27 heavy (non-hydrogen) atoms. The Morgan fingerprint density at radius 3 is 2.44 bits per heavy atom. The summed E-state index contributed by atoms with van der Waals surface area (Å²) in [6.07, 6.45) is 1.62. The Hall–Kier alpha value is -3.42. The maximum Gasteiger partial charge on any atom is 0.303 e. The van der Waals surface area contributed by atoms with Crippen molar-refractivity contribution < 1.29 is 19.5 Å². The topological polar surface area (TPSA) is 118 Å². The monoisotopic (exact) mass is 371 g/mol. The maximum absolute atomic E-state index is 12.6.